The van der Waals surface area contributed by atoms with Gasteiger partial charge >= 0.3 is 12.0 Å². The Balaban J connectivity index is 2.20. The van der Waals surface area contributed by atoms with Gasteiger partial charge in [-0.2, -0.15) is 0 Å². The van der Waals surface area contributed by atoms with Crippen molar-refractivity contribution in [2.24, 2.45) is 11.3 Å². The third-order valence-corrected chi connectivity index (χ3v) is 3.64. The van der Waals surface area contributed by atoms with Gasteiger partial charge in [0, 0.05) is 19.6 Å². The van der Waals surface area contributed by atoms with Crippen LogP contribution in [0.2, 0.25) is 0 Å². The molecule has 1 fully saturated rings. The Kier molecular flexibility index (Phi) is 5.60. The van der Waals surface area contributed by atoms with Crippen LogP contribution in [0.5, 0.6) is 0 Å². The summed E-state index contributed by atoms with van der Waals surface area (Å²) in [5.41, 5.74) is -0.941. The standard InChI is InChI=1S/C13H25N3O3/c1-4-16-6-5-10(8-16)7-14-12(19)15-9-13(2,3)11(17)18/h10H,4-9H2,1-3H3,(H,17,18)(H2,14,15,19). The van der Waals surface area contributed by atoms with E-state index in [4.69, 9.17) is 5.11 Å². The number of urea groups is 1. The molecule has 0 saturated carbocycles. The minimum atomic E-state index is -0.941. The number of nitrogens with one attached hydrogen (secondary N) is 2. The van der Waals surface area contributed by atoms with Gasteiger partial charge in [-0.15, -0.1) is 0 Å². The van der Waals surface area contributed by atoms with E-state index in [2.05, 4.69) is 22.5 Å². The molecule has 0 aromatic rings. The number of carboxylic acid groups (broad SMARTS) is 1. The fourth-order valence-electron chi connectivity index (χ4n) is 2.04. The molecule has 110 valence electrons. The first-order valence-electron chi connectivity index (χ1n) is 6.82. The van der Waals surface area contributed by atoms with Gasteiger partial charge in [0.05, 0.1) is 5.41 Å². The molecular weight excluding hydrogens is 246 g/mol. The molecule has 6 heteroatoms. The fraction of sp³-hybridized carbons (Fsp3) is 0.846. The molecule has 3 N–H and O–H groups in total. The number of carbonyl (C=O) groups excluding carboxylic acids is 1. The Bertz CT molecular complexity index is 331. The fourth-order valence-corrected chi connectivity index (χ4v) is 2.04. The van der Waals surface area contributed by atoms with Crippen LogP contribution in [-0.4, -0.2) is 54.7 Å². The first-order chi connectivity index (χ1) is 8.85. The molecule has 1 aliphatic rings. The number of carbonyl (C=O) groups is 2. The number of carboxylic acids is 1. The molecule has 1 heterocycles. The summed E-state index contributed by atoms with van der Waals surface area (Å²) in [5.74, 6) is -0.416. The van der Waals surface area contributed by atoms with E-state index in [-0.39, 0.29) is 12.6 Å². The van der Waals surface area contributed by atoms with Gasteiger partial charge in [-0.05, 0) is 39.3 Å². The Hall–Kier alpha value is -1.30. The number of amides is 2. The van der Waals surface area contributed by atoms with Gasteiger partial charge in [0.2, 0.25) is 0 Å². The molecule has 1 saturated heterocycles. The lowest BCUT2D eigenvalue weighted by molar-refractivity contribution is -0.146. The lowest BCUT2D eigenvalue weighted by atomic mass is 9.94. The minimum absolute atomic E-state index is 0.125. The van der Waals surface area contributed by atoms with Crippen LogP contribution in [0.3, 0.4) is 0 Å². The molecule has 19 heavy (non-hydrogen) atoms. The predicted octanol–water partition coefficient (Wildman–Crippen LogP) is 0.738. The number of hydrogen-bond acceptors (Lipinski definition) is 3. The van der Waals surface area contributed by atoms with Crippen LogP contribution in [0.25, 0.3) is 0 Å². The van der Waals surface area contributed by atoms with E-state index < -0.39 is 11.4 Å². The van der Waals surface area contributed by atoms with Crippen molar-refractivity contribution in [2.75, 3.05) is 32.7 Å². The van der Waals surface area contributed by atoms with E-state index in [1.54, 1.807) is 13.8 Å². The van der Waals surface area contributed by atoms with Crippen LogP contribution < -0.4 is 10.6 Å². The van der Waals surface area contributed by atoms with Crippen molar-refractivity contribution < 1.29 is 14.7 Å². The van der Waals surface area contributed by atoms with Gasteiger partial charge < -0.3 is 20.6 Å². The highest BCUT2D eigenvalue weighted by Gasteiger charge is 2.27. The summed E-state index contributed by atoms with van der Waals surface area (Å²) in [5, 5.41) is 14.4. The first-order valence-corrected chi connectivity index (χ1v) is 6.82. The number of nitrogens with zero attached hydrogens (tertiary/aromatic N) is 1. The van der Waals surface area contributed by atoms with Crippen molar-refractivity contribution >= 4 is 12.0 Å². The SMILES string of the molecule is CCN1CCC(CNC(=O)NCC(C)(C)C(=O)O)C1. The summed E-state index contributed by atoms with van der Waals surface area (Å²) < 4.78 is 0. The van der Waals surface area contributed by atoms with Crippen molar-refractivity contribution in [1.82, 2.24) is 15.5 Å². The second-order valence-electron chi connectivity index (χ2n) is 5.80. The number of rotatable bonds is 6. The zero-order valence-corrected chi connectivity index (χ0v) is 12.0. The quantitative estimate of drug-likeness (QED) is 0.665. The maximum absolute atomic E-state index is 11.6. The van der Waals surface area contributed by atoms with Crippen LogP contribution in [-0.2, 0) is 4.79 Å². The summed E-state index contributed by atoms with van der Waals surface area (Å²) in [7, 11) is 0. The Morgan fingerprint density at radius 2 is 2.05 bits per heavy atom. The van der Waals surface area contributed by atoms with Crippen LogP contribution in [0.4, 0.5) is 4.79 Å². The summed E-state index contributed by atoms with van der Waals surface area (Å²) in [4.78, 5) is 24.8. The number of likely N-dealkylation sites (tertiary alicyclic amines) is 1. The van der Waals surface area contributed by atoms with Gasteiger partial charge in [-0.3, -0.25) is 4.79 Å². The van der Waals surface area contributed by atoms with E-state index in [1.807, 2.05) is 0 Å². The molecule has 0 spiro atoms. The molecule has 0 radical (unpaired) electrons. The third kappa shape index (κ3) is 5.06. The lowest BCUT2D eigenvalue weighted by Crippen LogP contribution is -2.44. The molecule has 6 nitrogen and oxygen atoms in total. The van der Waals surface area contributed by atoms with Crippen molar-refractivity contribution in [3.8, 4) is 0 Å². The maximum Gasteiger partial charge on any atom is 0.314 e. The average Bonchev–Trinajstić information content (AvgIpc) is 2.81. The zero-order chi connectivity index (χ0) is 14.5. The molecule has 1 aliphatic heterocycles. The third-order valence-electron chi connectivity index (χ3n) is 3.64. The molecule has 0 bridgehead atoms. The molecule has 1 unspecified atom stereocenters. The summed E-state index contributed by atoms with van der Waals surface area (Å²) in [6.07, 6.45) is 1.11. The van der Waals surface area contributed by atoms with Gasteiger partial charge in [0.15, 0.2) is 0 Å². The number of aliphatic carboxylic acids is 1. The van der Waals surface area contributed by atoms with Crippen LogP contribution in [0.15, 0.2) is 0 Å². The maximum atomic E-state index is 11.6. The molecule has 1 atom stereocenters. The minimum Gasteiger partial charge on any atom is -0.481 e. The van der Waals surface area contributed by atoms with E-state index in [0.717, 1.165) is 26.1 Å². The van der Waals surface area contributed by atoms with E-state index in [9.17, 15) is 9.59 Å². The van der Waals surface area contributed by atoms with Crippen LogP contribution in [0, 0.1) is 11.3 Å². The van der Waals surface area contributed by atoms with Crippen molar-refractivity contribution in [3.05, 3.63) is 0 Å². The van der Waals surface area contributed by atoms with Gasteiger partial charge in [0.25, 0.3) is 0 Å². The molecule has 2 amide bonds. The van der Waals surface area contributed by atoms with E-state index >= 15 is 0 Å². The van der Waals surface area contributed by atoms with Crippen molar-refractivity contribution in [2.45, 2.75) is 27.2 Å². The highest BCUT2D eigenvalue weighted by atomic mass is 16.4. The summed E-state index contributed by atoms with van der Waals surface area (Å²) in [6.45, 7) is 9.26. The summed E-state index contributed by atoms with van der Waals surface area (Å²) in [6, 6.07) is -0.288. The van der Waals surface area contributed by atoms with Crippen molar-refractivity contribution in [3.63, 3.8) is 0 Å². The smallest absolute Gasteiger partial charge is 0.314 e. The lowest BCUT2D eigenvalue weighted by Gasteiger charge is -2.20. The van der Waals surface area contributed by atoms with Crippen LogP contribution >= 0.6 is 0 Å². The van der Waals surface area contributed by atoms with E-state index in [0.29, 0.717) is 12.5 Å². The Morgan fingerprint density at radius 3 is 2.58 bits per heavy atom. The second kappa shape index (κ2) is 6.75. The second-order valence-corrected chi connectivity index (χ2v) is 5.80. The summed E-state index contributed by atoms with van der Waals surface area (Å²) >= 11 is 0. The van der Waals surface area contributed by atoms with Gasteiger partial charge in [-0.1, -0.05) is 6.92 Å². The molecule has 0 aromatic carbocycles. The average molecular weight is 271 g/mol. The molecular formula is C13H25N3O3. The number of hydrogen-bond donors (Lipinski definition) is 3. The highest BCUT2D eigenvalue weighted by Crippen LogP contribution is 2.15. The topological polar surface area (TPSA) is 81.7 Å². The predicted molar refractivity (Wildman–Crippen MR) is 73.0 cm³/mol. The largest absolute Gasteiger partial charge is 0.481 e. The van der Waals surface area contributed by atoms with E-state index in [1.165, 1.54) is 0 Å². The first kappa shape index (κ1) is 15.8. The Labute approximate surface area is 114 Å². The van der Waals surface area contributed by atoms with Gasteiger partial charge in [-0.25, -0.2) is 4.79 Å². The molecule has 0 aromatic heterocycles. The molecule has 0 aliphatic carbocycles. The van der Waals surface area contributed by atoms with Crippen LogP contribution in [0.1, 0.15) is 27.2 Å². The van der Waals surface area contributed by atoms with Crippen molar-refractivity contribution in [1.29, 1.82) is 0 Å². The highest BCUT2D eigenvalue weighted by molar-refractivity contribution is 5.77. The normalized spacial score (nSPS) is 20.3. The monoisotopic (exact) mass is 271 g/mol. The Morgan fingerprint density at radius 1 is 1.37 bits per heavy atom. The molecule has 1 rings (SSSR count). The zero-order valence-electron chi connectivity index (χ0n) is 12.0. The van der Waals surface area contributed by atoms with Gasteiger partial charge in [0.1, 0.15) is 0 Å².